The lowest BCUT2D eigenvalue weighted by atomic mass is 10.2. The third-order valence-electron chi connectivity index (χ3n) is 4.26. The van der Waals surface area contributed by atoms with Crippen molar-refractivity contribution >= 4 is 39.0 Å². The second-order valence-corrected chi connectivity index (χ2v) is 7.14. The first-order valence-electron chi connectivity index (χ1n) is 9.03. The number of hydrogen-bond donors (Lipinski definition) is 0. The Bertz CT molecular complexity index is 1140. The number of nitrogens with zero attached hydrogens (tertiary/aromatic N) is 3. The normalized spacial score (nSPS) is 12.3. The summed E-state index contributed by atoms with van der Waals surface area (Å²) < 4.78 is 12.5. The minimum absolute atomic E-state index is 0.259. The van der Waals surface area contributed by atoms with E-state index in [0.29, 0.717) is 34.5 Å². The van der Waals surface area contributed by atoms with Gasteiger partial charge in [0, 0.05) is 16.5 Å². The number of benzene rings is 2. The van der Waals surface area contributed by atoms with Gasteiger partial charge in [0.25, 0.3) is 5.56 Å². The van der Waals surface area contributed by atoms with Gasteiger partial charge in [0.1, 0.15) is 11.6 Å². The SMILES string of the molecule is CCc1nc2ccc(Br)cc2c(=O)n1N=Cc1ccccc1O[C@@H](C)C(=O)OC. The predicted octanol–water partition coefficient (Wildman–Crippen LogP) is 3.54. The van der Waals surface area contributed by atoms with Crippen molar-refractivity contribution in [1.82, 2.24) is 9.66 Å². The third-order valence-corrected chi connectivity index (χ3v) is 4.75. The molecule has 150 valence electrons. The number of aromatic nitrogens is 2. The van der Waals surface area contributed by atoms with Crippen LogP contribution in [0.2, 0.25) is 0 Å². The molecule has 0 amide bonds. The number of ether oxygens (including phenoxy) is 2. The quantitative estimate of drug-likeness (QED) is 0.417. The second kappa shape index (κ2) is 9.00. The predicted molar refractivity (Wildman–Crippen MR) is 115 cm³/mol. The van der Waals surface area contributed by atoms with E-state index in [1.165, 1.54) is 18.0 Å². The van der Waals surface area contributed by atoms with Crippen LogP contribution in [0.1, 0.15) is 25.2 Å². The molecule has 3 rings (SSSR count). The molecule has 0 saturated heterocycles. The van der Waals surface area contributed by atoms with Gasteiger partial charge in [-0.1, -0.05) is 35.0 Å². The lowest BCUT2D eigenvalue weighted by molar-refractivity contribution is -0.147. The van der Waals surface area contributed by atoms with Crippen molar-refractivity contribution in [3.63, 3.8) is 0 Å². The van der Waals surface area contributed by atoms with Crippen LogP contribution in [0.5, 0.6) is 5.75 Å². The summed E-state index contributed by atoms with van der Waals surface area (Å²) in [5.74, 6) is 0.518. The number of carbonyl (C=O) groups is 1. The molecule has 29 heavy (non-hydrogen) atoms. The summed E-state index contributed by atoms with van der Waals surface area (Å²) in [5.41, 5.74) is 0.981. The van der Waals surface area contributed by atoms with Crippen LogP contribution in [-0.2, 0) is 16.0 Å². The summed E-state index contributed by atoms with van der Waals surface area (Å²) in [5, 5.41) is 4.83. The molecule has 0 aliphatic carbocycles. The molecule has 0 spiro atoms. The Hall–Kier alpha value is -3.00. The van der Waals surface area contributed by atoms with Crippen molar-refractivity contribution in [3.8, 4) is 5.75 Å². The highest BCUT2D eigenvalue weighted by Crippen LogP contribution is 2.19. The zero-order chi connectivity index (χ0) is 21.0. The molecule has 1 atom stereocenters. The van der Waals surface area contributed by atoms with E-state index in [2.05, 4.69) is 26.0 Å². The van der Waals surface area contributed by atoms with Gasteiger partial charge in [-0.15, -0.1) is 0 Å². The van der Waals surface area contributed by atoms with Crippen LogP contribution in [0.25, 0.3) is 10.9 Å². The van der Waals surface area contributed by atoms with Gasteiger partial charge in [0.15, 0.2) is 6.10 Å². The van der Waals surface area contributed by atoms with Crippen LogP contribution in [0.15, 0.2) is 56.8 Å². The van der Waals surface area contributed by atoms with Gasteiger partial charge in [0.2, 0.25) is 0 Å². The average Bonchev–Trinajstić information content (AvgIpc) is 2.73. The molecule has 0 bridgehead atoms. The topological polar surface area (TPSA) is 82.8 Å². The van der Waals surface area contributed by atoms with Gasteiger partial charge in [-0.3, -0.25) is 4.79 Å². The molecule has 1 heterocycles. The Labute approximate surface area is 176 Å². The number of esters is 1. The van der Waals surface area contributed by atoms with Gasteiger partial charge >= 0.3 is 5.97 Å². The van der Waals surface area contributed by atoms with E-state index in [4.69, 9.17) is 9.47 Å². The standard InChI is InChI=1S/C21H20BrN3O4/c1-4-19-24-17-10-9-15(22)11-16(17)20(26)25(19)23-12-14-7-5-6-8-18(14)29-13(2)21(27)28-3/h5-13H,4H2,1-3H3/t13-/m0/s1. The number of methoxy groups -OCH3 is 1. The maximum atomic E-state index is 13.0. The number of rotatable bonds is 6. The molecule has 0 radical (unpaired) electrons. The monoisotopic (exact) mass is 457 g/mol. The third kappa shape index (κ3) is 4.54. The first-order chi connectivity index (χ1) is 13.9. The van der Waals surface area contributed by atoms with Crippen molar-refractivity contribution in [2.75, 3.05) is 7.11 Å². The first-order valence-corrected chi connectivity index (χ1v) is 9.83. The number of carbonyl (C=O) groups excluding carboxylic acids is 1. The summed E-state index contributed by atoms with van der Waals surface area (Å²) in [6.07, 6.45) is 1.28. The Balaban J connectivity index is 2.02. The van der Waals surface area contributed by atoms with Gasteiger partial charge in [0.05, 0.1) is 24.2 Å². The second-order valence-electron chi connectivity index (χ2n) is 6.23. The molecule has 0 fully saturated rings. The fourth-order valence-corrected chi connectivity index (χ4v) is 3.12. The molecule has 7 nitrogen and oxygen atoms in total. The molecular weight excluding hydrogens is 438 g/mol. The van der Waals surface area contributed by atoms with Crippen molar-refractivity contribution in [2.45, 2.75) is 26.4 Å². The lowest BCUT2D eigenvalue weighted by Gasteiger charge is -2.14. The van der Waals surface area contributed by atoms with E-state index >= 15 is 0 Å². The number of aryl methyl sites for hydroxylation is 1. The smallest absolute Gasteiger partial charge is 0.346 e. The van der Waals surface area contributed by atoms with Gasteiger partial charge in [-0.2, -0.15) is 9.78 Å². The van der Waals surface area contributed by atoms with E-state index in [0.717, 1.165) is 4.47 Å². The zero-order valence-corrected chi connectivity index (χ0v) is 17.8. The van der Waals surface area contributed by atoms with E-state index in [1.54, 1.807) is 37.3 Å². The van der Waals surface area contributed by atoms with Crippen LogP contribution in [0.4, 0.5) is 0 Å². The summed E-state index contributed by atoms with van der Waals surface area (Å²) in [6, 6.07) is 12.5. The molecule has 0 aliphatic rings. The number of fused-ring (bicyclic) bond motifs is 1. The maximum Gasteiger partial charge on any atom is 0.346 e. The molecule has 8 heteroatoms. The van der Waals surface area contributed by atoms with Crippen molar-refractivity contribution < 1.29 is 14.3 Å². The van der Waals surface area contributed by atoms with Gasteiger partial charge < -0.3 is 9.47 Å². The van der Waals surface area contributed by atoms with Crippen molar-refractivity contribution in [2.24, 2.45) is 5.10 Å². The zero-order valence-electron chi connectivity index (χ0n) is 16.3. The number of para-hydroxylation sites is 1. The molecule has 0 saturated carbocycles. The fourth-order valence-electron chi connectivity index (χ4n) is 2.76. The molecule has 2 aromatic carbocycles. The first kappa shape index (κ1) is 20.7. The van der Waals surface area contributed by atoms with Crippen LogP contribution < -0.4 is 10.3 Å². The van der Waals surface area contributed by atoms with E-state index < -0.39 is 12.1 Å². The van der Waals surface area contributed by atoms with Gasteiger partial charge in [-0.25, -0.2) is 9.78 Å². The average molecular weight is 458 g/mol. The summed E-state index contributed by atoms with van der Waals surface area (Å²) in [7, 11) is 1.30. The largest absolute Gasteiger partial charge is 0.478 e. The number of hydrogen-bond acceptors (Lipinski definition) is 6. The summed E-state index contributed by atoms with van der Waals surface area (Å²) in [4.78, 5) is 29.2. The van der Waals surface area contributed by atoms with Crippen LogP contribution in [-0.4, -0.2) is 35.1 Å². The van der Waals surface area contributed by atoms with Crippen LogP contribution in [0, 0.1) is 0 Å². The highest BCUT2D eigenvalue weighted by atomic mass is 79.9. The minimum atomic E-state index is -0.775. The van der Waals surface area contributed by atoms with Crippen molar-refractivity contribution in [3.05, 3.63) is 68.7 Å². The Morgan fingerprint density at radius 3 is 2.79 bits per heavy atom. The molecule has 0 unspecified atom stereocenters. The van der Waals surface area contributed by atoms with Crippen molar-refractivity contribution in [1.29, 1.82) is 0 Å². The van der Waals surface area contributed by atoms with E-state index in [9.17, 15) is 9.59 Å². The summed E-state index contributed by atoms with van der Waals surface area (Å²) in [6.45, 7) is 3.51. The fraction of sp³-hybridized carbons (Fsp3) is 0.238. The van der Waals surface area contributed by atoms with Crippen LogP contribution >= 0.6 is 15.9 Å². The Morgan fingerprint density at radius 2 is 2.07 bits per heavy atom. The maximum absolute atomic E-state index is 13.0. The summed E-state index contributed by atoms with van der Waals surface area (Å²) >= 11 is 3.38. The van der Waals surface area contributed by atoms with E-state index in [-0.39, 0.29) is 5.56 Å². The van der Waals surface area contributed by atoms with Gasteiger partial charge in [-0.05, 0) is 37.3 Å². The van der Waals surface area contributed by atoms with Crippen LogP contribution in [0.3, 0.4) is 0 Å². The molecular formula is C21H20BrN3O4. The molecule has 0 aliphatic heterocycles. The Morgan fingerprint density at radius 1 is 1.31 bits per heavy atom. The minimum Gasteiger partial charge on any atom is -0.478 e. The molecule has 1 aromatic heterocycles. The highest BCUT2D eigenvalue weighted by molar-refractivity contribution is 9.10. The van der Waals surface area contributed by atoms with E-state index in [1.807, 2.05) is 19.1 Å². The molecule has 3 aromatic rings. The Kier molecular flexibility index (Phi) is 6.43. The molecule has 0 N–H and O–H groups in total. The number of halogens is 1. The lowest BCUT2D eigenvalue weighted by Crippen LogP contribution is -2.25. The highest BCUT2D eigenvalue weighted by Gasteiger charge is 2.16.